The van der Waals surface area contributed by atoms with E-state index in [9.17, 15) is 4.79 Å². The van der Waals surface area contributed by atoms with Crippen LogP contribution < -0.4 is 4.74 Å². The molecule has 0 aliphatic rings. The Balaban J connectivity index is 1.47. The molecule has 3 heteroatoms. The second-order valence-corrected chi connectivity index (χ2v) is 10.8. The lowest BCUT2D eigenvalue weighted by Gasteiger charge is -2.20. The highest BCUT2D eigenvalue weighted by Gasteiger charge is 2.23. The summed E-state index contributed by atoms with van der Waals surface area (Å²) in [6.07, 6.45) is 17.0. The van der Waals surface area contributed by atoms with E-state index in [2.05, 4.69) is 49.4 Å². The maximum Gasteiger partial charge on any atom is 0.347 e. The second-order valence-electron chi connectivity index (χ2n) is 10.8. The maximum absolute atomic E-state index is 12.9. The second kappa shape index (κ2) is 16.3. The minimum absolute atomic E-state index is 0.151. The molecule has 0 N–H and O–H groups in total. The molecular weight excluding hydrogens is 456 g/mol. The summed E-state index contributed by atoms with van der Waals surface area (Å²) in [5.74, 6) is 0.496. The predicted molar refractivity (Wildman–Crippen MR) is 157 cm³/mol. The fourth-order valence-electron chi connectivity index (χ4n) is 5.07. The third-order valence-electron chi connectivity index (χ3n) is 7.16. The molecule has 0 saturated heterocycles. The molecule has 0 saturated carbocycles. The number of carbonyl (C=O) groups is 1. The average molecular weight is 505 g/mol. The lowest BCUT2D eigenvalue weighted by atomic mass is 10.0. The molecule has 0 bridgehead atoms. The summed E-state index contributed by atoms with van der Waals surface area (Å²) in [6, 6.07) is 18.8. The van der Waals surface area contributed by atoms with Crippen LogP contribution in [0.2, 0.25) is 0 Å². The van der Waals surface area contributed by atoms with E-state index in [1.165, 1.54) is 81.4 Å². The molecule has 0 aliphatic heterocycles. The van der Waals surface area contributed by atoms with Gasteiger partial charge in [-0.25, -0.2) is 4.79 Å². The van der Waals surface area contributed by atoms with Crippen LogP contribution in [0.3, 0.4) is 0 Å². The normalized spacial score (nSPS) is 12.3. The maximum atomic E-state index is 12.9. The highest BCUT2D eigenvalue weighted by molar-refractivity contribution is 6.01. The zero-order valence-electron chi connectivity index (χ0n) is 23.5. The summed E-state index contributed by atoms with van der Waals surface area (Å²) in [5.41, 5.74) is 0. The van der Waals surface area contributed by atoms with Crippen molar-refractivity contribution < 1.29 is 14.3 Å². The molecular formula is C34H48O3. The molecule has 0 fully saturated rings. The number of unbranched alkanes of at least 4 members (excludes halogenated alkanes) is 12. The van der Waals surface area contributed by atoms with Gasteiger partial charge in [-0.1, -0.05) is 120 Å². The van der Waals surface area contributed by atoms with E-state index < -0.39 is 6.10 Å². The van der Waals surface area contributed by atoms with E-state index in [1.807, 2.05) is 26.0 Å². The van der Waals surface area contributed by atoms with Gasteiger partial charge in [-0.3, -0.25) is 0 Å². The van der Waals surface area contributed by atoms with Crippen LogP contribution in [0.1, 0.15) is 111 Å². The van der Waals surface area contributed by atoms with Crippen molar-refractivity contribution in [3.63, 3.8) is 0 Å². The minimum atomic E-state index is -0.577. The Labute approximate surface area is 224 Å². The Morgan fingerprint density at radius 2 is 1.22 bits per heavy atom. The van der Waals surface area contributed by atoms with Crippen LogP contribution in [0.25, 0.3) is 21.5 Å². The van der Waals surface area contributed by atoms with Crippen molar-refractivity contribution in [1.29, 1.82) is 0 Å². The minimum Gasteiger partial charge on any atom is -0.478 e. The Morgan fingerprint density at radius 1 is 0.676 bits per heavy atom. The van der Waals surface area contributed by atoms with Crippen LogP contribution in [-0.4, -0.2) is 18.2 Å². The number of rotatable bonds is 18. The zero-order valence-corrected chi connectivity index (χ0v) is 23.5. The van der Waals surface area contributed by atoms with Crippen molar-refractivity contribution in [3.05, 3.63) is 54.6 Å². The summed E-state index contributed by atoms with van der Waals surface area (Å²) < 4.78 is 11.9. The SMILES string of the molecule is CCCCCCCCCCCCCCCC(Oc1cccc2cc3ccccc3cc12)C(=O)OC(C)C. The molecule has 1 atom stereocenters. The van der Waals surface area contributed by atoms with Crippen LogP contribution in [0.4, 0.5) is 0 Å². The van der Waals surface area contributed by atoms with Gasteiger partial charge in [-0.05, 0) is 61.0 Å². The van der Waals surface area contributed by atoms with Crippen molar-refractivity contribution in [2.24, 2.45) is 0 Å². The van der Waals surface area contributed by atoms with Crippen LogP contribution >= 0.6 is 0 Å². The van der Waals surface area contributed by atoms with Crippen LogP contribution in [0.5, 0.6) is 5.75 Å². The molecule has 3 aromatic rings. The van der Waals surface area contributed by atoms with Crippen molar-refractivity contribution in [2.75, 3.05) is 0 Å². The fraction of sp³-hybridized carbons (Fsp3) is 0.559. The molecule has 202 valence electrons. The van der Waals surface area contributed by atoms with E-state index in [4.69, 9.17) is 9.47 Å². The van der Waals surface area contributed by atoms with Crippen LogP contribution in [-0.2, 0) is 9.53 Å². The third kappa shape index (κ3) is 10.0. The van der Waals surface area contributed by atoms with Gasteiger partial charge in [0.25, 0.3) is 0 Å². The van der Waals surface area contributed by atoms with Gasteiger partial charge < -0.3 is 9.47 Å². The summed E-state index contributed by atoms with van der Waals surface area (Å²) in [4.78, 5) is 12.9. The van der Waals surface area contributed by atoms with Gasteiger partial charge in [-0.15, -0.1) is 0 Å². The van der Waals surface area contributed by atoms with Gasteiger partial charge in [0.1, 0.15) is 5.75 Å². The van der Waals surface area contributed by atoms with Gasteiger partial charge in [0.05, 0.1) is 6.10 Å². The number of benzene rings is 3. The van der Waals surface area contributed by atoms with Crippen molar-refractivity contribution in [2.45, 2.75) is 123 Å². The molecule has 3 aromatic carbocycles. The first-order chi connectivity index (χ1) is 18.1. The number of ether oxygens (including phenoxy) is 2. The van der Waals surface area contributed by atoms with E-state index in [0.29, 0.717) is 6.42 Å². The molecule has 0 spiro atoms. The first-order valence-electron chi connectivity index (χ1n) is 14.9. The topological polar surface area (TPSA) is 35.5 Å². The molecule has 3 nitrogen and oxygen atoms in total. The highest BCUT2D eigenvalue weighted by Crippen LogP contribution is 2.31. The lowest BCUT2D eigenvalue weighted by Crippen LogP contribution is -2.31. The Kier molecular flexibility index (Phi) is 12.8. The Hall–Kier alpha value is -2.55. The van der Waals surface area contributed by atoms with Gasteiger partial charge in [0.2, 0.25) is 0 Å². The molecule has 1 unspecified atom stereocenters. The van der Waals surface area contributed by atoms with Gasteiger partial charge >= 0.3 is 5.97 Å². The summed E-state index contributed by atoms with van der Waals surface area (Å²) in [7, 11) is 0. The van der Waals surface area contributed by atoms with Crippen molar-refractivity contribution in [3.8, 4) is 5.75 Å². The van der Waals surface area contributed by atoms with Gasteiger partial charge in [0, 0.05) is 5.39 Å². The molecule has 0 heterocycles. The monoisotopic (exact) mass is 504 g/mol. The number of hydrogen-bond acceptors (Lipinski definition) is 3. The molecule has 37 heavy (non-hydrogen) atoms. The van der Waals surface area contributed by atoms with E-state index in [1.54, 1.807) is 0 Å². The van der Waals surface area contributed by atoms with Gasteiger partial charge in [-0.2, -0.15) is 0 Å². The quantitative estimate of drug-likeness (QED) is 0.0982. The summed E-state index contributed by atoms with van der Waals surface area (Å²) >= 11 is 0. The number of hydrogen-bond donors (Lipinski definition) is 0. The Bertz CT molecular complexity index is 1070. The van der Waals surface area contributed by atoms with E-state index >= 15 is 0 Å². The molecule has 0 aliphatic carbocycles. The smallest absolute Gasteiger partial charge is 0.347 e. The molecule has 0 aromatic heterocycles. The van der Waals surface area contributed by atoms with Gasteiger partial charge in [0.15, 0.2) is 6.10 Å². The predicted octanol–water partition coefficient (Wildman–Crippen LogP) is 10.2. The first kappa shape index (κ1) is 29.0. The number of fused-ring (bicyclic) bond motifs is 2. The molecule has 0 radical (unpaired) electrons. The average Bonchev–Trinajstić information content (AvgIpc) is 2.89. The lowest BCUT2D eigenvalue weighted by molar-refractivity contribution is -0.156. The first-order valence-corrected chi connectivity index (χ1v) is 14.9. The number of esters is 1. The molecule has 3 rings (SSSR count). The Morgan fingerprint density at radius 3 is 1.81 bits per heavy atom. The summed E-state index contributed by atoms with van der Waals surface area (Å²) in [5, 5.41) is 4.53. The van der Waals surface area contributed by atoms with E-state index in [-0.39, 0.29) is 12.1 Å². The largest absolute Gasteiger partial charge is 0.478 e. The van der Waals surface area contributed by atoms with Crippen LogP contribution in [0.15, 0.2) is 54.6 Å². The standard InChI is InChI=1S/C34H48O3/c1-4-5-6-7-8-9-10-11-12-13-14-15-16-23-33(34(35)36-27(2)3)37-32-24-19-22-30-25-28-20-17-18-21-29(28)26-31(30)32/h17-22,24-27,33H,4-16,23H2,1-3H3. The third-order valence-corrected chi connectivity index (χ3v) is 7.16. The highest BCUT2D eigenvalue weighted by atomic mass is 16.6. The van der Waals surface area contributed by atoms with Crippen LogP contribution in [0, 0.1) is 0 Å². The fourth-order valence-corrected chi connectivity index (χ4v) is 5.07. The van der Waals surface area contributed by atoms with E-state index in [0.717, 1.165) is 29.4 Å². The summed E-state index contributed by atoms with van der Waals surface area (Å²) in [6.45, 7) is 6.06. The van der Waals surface area contributed by atoms with Crippen molar-refractivity contribution in [1.82, 2.24) is 0 Å². The molecule has 0 amide bonds. The zero-order chi connectivity index (χ0) is 26.3. The number of carbonyl (C=O) groups excluding carboxylic acids is 1. The van der Waals surface area contributed by atoms with Crippen molar-refractivity contribution >= 4 is 27.5 Å².